The molecule has 174 valence electrons. The smallest absolute Gasteiger partial charge is 0.338 e. The zero-order chi connectivity index (χ0) is 24.1. The van der Waals surface area contributed by atoms with E-state index in [9.17, 15) is 14.4 Å². The Morgan fingerprint density at radius 1 is 1.00 bits per heavy atom. The number of rotatable bonds is 7. The number of halogens is 1. The first-order chi connectivity index (χ1) is 16.4. The summed E-state index contributed by atoms with van der Waals surface area (Å²) in [6.07, 6.45) is 0. The van der Waals surface area contributed by atoms with Gasteiger partial charge in [-0.15, -0.1) is 11.8 Å². The third-order valence-corrected chi connectivity index (χ3v) is 6.85. The topological polar surface area (TPSA) is 75.7 Å². The maximum absolute atomic E-state index is 12.7. The zero-order valence-electron chi connectivity index (χ0n) is 18.5. The first-order valence-electron chi connectivity index (χ1n) is 10.8. The van der Waals surface area contributed by atoms with Gasteiger partial charge in [0.15, 0.2) is 0 Å². The Hall–Kier alpha value is -3.29. The summed E-state index contributed by atoms with van der Waals surface area (Å²) >= 11 is 7.54. The lowest BCUT2D eigenvalue weighted by molar-refractivity contribution is -0.128. The SMILES string of the molecule is CCOC(=O)c1ccc(NC(=O)c2ccc([C@@H]3SCC(=O)N3Cc3ccc(Cl)cc3)cc2)cc1. The summed E-state index contributed by atoms with van der Waals surface area (Å²) in [6.45, 7) is 2.55. The molecule has 1 heterocycles. The third-order valence-electron chi connectivity index (χ3n) is 5.35. The summed E-state index contributed by atoms with van der Waals surface area (Å²) in [5.74, 6) is -0.159. The Kier molecular flexibility index (Phi) is 7.55. The second-order valence-electron chi connectivity index (χ2n) is 7.69. The van der Waals surface area contributed by atoms with E-state index in [1.807, 2.05) is 41.3 Å². The van der Waals surface area contributed by atoms with Crippen LogP contribution in [-0.2, 0) is 16.1 Å². The molecule has 3 aromatic rings. The van der Waals surface area contributed by atoms with Crippen LogP contribution in [0, 0.1) is 0 Å². The molecule has 4 rings (SSSR count). The fourth-order valence-corrected chi connectivity index (χ4v) is 4.91. The van der Waals surface area contributed by atoms with E-state index in [2.05, 4.69) is 5.32 Å². The molecule has 1 saturated heterocycles. The second-order valence-corrected chi connectivity index (χ2v) is 9.19. The summed E-state index contributed by atoms with van der Waals surface area (Å²) in [4.78, 5) is 38.8. The number of carbonyl (C=O) groups is 3. The van der Waals surface area contributed by atoms with Crippen LogP contribution in [0.25, 0.3) is 0 Å². The predicted molar refractivity (Wildman–Crippen MR) is 134 cm³/mol. The number of thioether (sulfide) groups is 1. The van der Waals surface area contributed by atoms with E-state index in [0.29, 0.717) is 40.7 Å². The lowest BCUT2D eigenvalue weighted by atomic mass is 10.1. The van der Waals surface area contributed by atoms with E-state index >= 15 is 0 Å². The average molecular weight is 495 g/mol. The summed E-state index contributed by atoms with van der Waals surface area (Å²) in [5, 5.41) is 3.37. The van der Waals surface area contributed by atoms with Crippen molar-refractivity contribution in [2.45, 2.75) is 18.8 Å². The Morgan fingerprint density at radius 3 is 2.29 bits per heavy atom. The molecule has 0 radical (unpaired) electrons. The number of hydrogen-bond acceptors (Lipinski definition) is 5. The Balaban J connectivity index is 1.41. The number of nitrogens with one attached hydrogen (secondary N) is 1. The van der Waals surface area contributed by atoms with Crippen LogP contribution in [0.1, 0.15) is 44.1 Å². The van der Waals surface area contributed by atoms with Crippen molar-refractivity contribution in [1.29, 1.82) is 0 Å². The molecule has 3 aromatic carbocycles. The molecule has 0 aliphatic carbocycles. The van der Waals surface area contributed by atoms with Crippen LogP contribution in [0.5, 0.6) is 0 Å². The van der Waals surface area contributed by atoms with Gasteiger partial charge in [-0.05, 0) is 66.6 Å². The molecule has 6 nitrogen and oxygen atoms in total. The Morgan fingerprint density at radius 2 is 1.65 bits per heavy atom. The van der Waals surface area contributed by atoms with Crippen molar-refractivity contribution >= 4 is 46.8 Å². The minimum Gasteiger partial charge on any atom is -0.462 e. The van der Waals surface area contributed by atoms with Crippen LogP contribution in [0.4, 0.5) is 5.69 Å². The van der Waals surface area contributed by atoms with Crippen molar-refractivity contribution in [3.05, 3.63) is 100 Å². The maximum atomic E-state index is 12.7. The van der Waals surface area contributed by atoms with Crippen LogP contribution < -0.4 is 5.32 Å². The molecule has 0 unspecified atom stereocenters. The van der Waals surface area contributed by atoms with E-state index in [0.717, 1.165) is 11.1 Å². The van der Waals surface area contributed by atoms with E-state index in [1.54, 1.807) is 55.1 Å². The fourth-order valence-electron chi connectivity index (χ4n) is 3.59. The standard InChI is InChI=1S/C26H23ClN2O4S/c1-2-33-26(32)20-9-13-22(14-10-20)28-24(31)18-5-7-19(8-6-18)25-29(23(30)16-34-25)15-17-3-11-21(27)12-4-17/h3-14,25H,2,15-16H2,1H3,(H,28,31)/t25-/m0/s1. The second kappa shape index (κ2) is 10.8. The summed E-state index contributed by atoms with van der Waals surface area (Å²) in [6, 6.07) is 21.3. The predicted octanol–water partition coefficient (Wildman–Crippen LogP) is 5.54. The van der Waals surface area contributed by atoms with Crippen LogP contribution >= 0.6 is 23.4 Å². The van der Waals surface area contributed by atoms with Gasteiger partial charge in [-0.25, -0.2) is 4.79 Å². The minimum absolute atomic E-state index is 0.0815. The van der Waals surface area contributed by atoms with Crippen molar-refractivity contribution in [3.63, 3.8) is 0 Å². The number of nitrogens with zero attached hydrogens (tertiary/aromatic N) is 1. The Bertz CT molecular complexity index is 1180. The zero-order valence-corrected chi connectivity index (χ0v) is 20.1. The highest BCUT2D eigenvalue weighted by atomic mass is 35.5. The highest BCUT2D eigenvalue weighted by molar-refractivity contribution is 8.00. The van der Waals surface area contributed by atoms with Crippen molar-refractivity contribution in [1.82, 2.24) is 4.90 Å². The number of ether oxygens (including phenoxy) is 1. The molecule has 34 heavy (non-hydrogen) atoms. The minimum atomic E-state index is -0.399. The van der Waals surface area contributed by atoms with Gasteiger partial charge in [0.2, 0.25) is 5.91 Å². The molecule has 1 atom stereocenters. The van der Waals surface area contributed by atoms with E-state index in [4.69, 9.17) is 16.3 Å². The van der Waals surface area contributed by atoms with Gasteiger partial charge in [-0.2, -0.15) is 0 Å². The monoisotopic (exact) mass is 494 g/mol. The molecule has 8 heteroatoms. The van der Waals surface area contributed by atoms with Gasteiger partial charge in [0.05, 0.1) is 17.9 Å². The molecule has 0 spiro atoms. The highest BCUT2D eigenvalue weighted by Crippen LogP contribution is 2.39. The summed E-state index contributed by atoms with van der Waals surface area (Å²) in [7, 11) is 0. The number of amides is 2. The van der Waals surface area contributed by atoms with Gasteiger partial charge in [-0.1, -0.05) is 35.9 Å². The number of hydrogen-bond donors (Lipinski definition) is 1. The fraction of sp³-hybridized carbons (Fsp3) is 0.192. The van der Waals surface area contributed by atoms with Crippen molar-refractivity contribution in [2.24, 2.45) is 0 Å². The molecule has 0 aromatic heterocycles. The lowest BCUT2D eigenvalue weighted by Gasteiger charge is -2.24. The van der Waals surface area contributed by atoms with Gasteiger partial charge in [-0.3, -0.25) is 9.59 Å². The molecule has 1 N–H and O–H groups in total. The van der Waals surface area contributed by atoms with Gasteiger partial charge in [0, 0.05) is 22.8 Å². The molecule has 0 bridgehead atoms. The van der Waals surface area contributed by atoms with Gasteiger partial charge in [0.25, 0.3) is 5.91 Å². The number of benzene rings is 3. The normalized spacial score (nSPS) is 15.3. The molecular weight excluding hydrogens is 472 g/mol. The molecule has 1 aliphatic rings. The number of carbonyl (C=O) groups excluding carboxylic acids is 3. The van der Waals surface area contributed by atoms with E-state index < -0.39 is 5.97 Å². The Labute approximate surface area is 207 Å². The number of anilines is 1. The summed E-state index contributed by atoms with van der Waals surface area (Å²) in [5.41, 5.74) is 3.47. The van der Waals surface area contributed by atoms with Gasteiger partial charge < -0.3 is 15.0 Å². The van der Waals surface area contributed by atoms with Crippen LogP contribution in [0.3, 0.4) is 0 Å². The third kappa shape index (κ3) is 5.61. The molecule has 1 aliphatic heterocycles. The van der Waals surface area contributed by atoms with Crippen molar-refractivity contribution in [3.8, 4) is 0 Å². The van der Waals surface area contributed by atoms with Gasteiger partial charge >= 0.3 is 5.97 Å². The molecule has 1 fully saturated rings. The molecular formula is C26H23ClN2O4S. The average Bonchev–Trinajstić information content (AvgIpc) is 3.21. The van der Waals surface area contributed by atoms with Crippen molar-refractivity contribution < 1.29 is 19.1 Å². The highest BCUT2D eigenvalue weighted by Gasteiger charge is 2.32. The first-order valence-corrected chi connectivity index (χ1v) is 12.2. The molecule has 0 saturated carbocycles. The quantitative estimate of drug-likeness (QED) is 0.436. The van der Waals surface area contributed by atoms with E-state index in [1.165, 1.54) is 0 Å². The maximum Gasteiger partial charge on any atom is 0.338 e. The molecule has 2 amide bonds. The number of esters is 1. The van der Waals surface area contributed by atoms with Gasteiger partial charge in [0.1, 0.15) is 5.37 Å². The van der Waals surface area contributed by atoms with Crippen LogP contribution in [0.15, 0.2) is 72.8 Å². The largest absolute Gasteiger partial charge is 0.462 e. The van der Waals surface area contributed by atoms with E-state index in [-0.39, 0.29) is 17.2 Å². The summed E-state index contributed by atoms with van der Waals surface area (Å²) < 4.78 is 4.97. The lowest BCUT2D eigenvalue weighted by Crippen LogP contribution is -2.27. The first kappa shape index (κ1) is 23.9. The van der Waals surface area contributed by atoms with Crippen LogP contribution in [-0.4, -0.2) is 35.0 Å². The van der Waals surface area contributed by atoms with Crippen molar-refractivity contribution in [2.75, 3.05) is 17.7 Å². The van der Waals surface area contributed by atoms with Crippen LogP contribution in [0.2, 0.25) is 5.02 Å².